The van der Waals surface area contributed by atoms with Crippen LogP contribution in [0.5, 0.6) is 0 Å². The van der Waals surface area contributed by atoms with Crippen molar-refractivity contribution < 1.29 is 9.18 Å². The van der Waals surface area contributed by atoms with Gasteiger partial charge in [-0.1, -0.05) is 30.3 Å². The summed E-state index contributed by atoms with van der Waals surface area (Å²) in [6.45, 7) is 0. The number of halogens is 1. The van der Waals surface area contributed by atoms with Crippen LogP contribution >= 0.6 is 11.8 Å². The highest BCUT2D eigenvalue weighted by Crippen LogP contribution is 2.41. The summed E-state index contributed by atoms with van der Waals surface area (Å²) in [4.78, 5) is 13.8. The maximum absolute atomic E-state index is 13.0. The molecule has 0 unspecified atom stereocenters. The van der Waals surface area contributed by atoms with Crippen molar-refractivity contribution in [2.45, 2.75) is 5.37 Å². The Labute approximate surface area is 115 Å². The highest BCUT2D eigenvalue weighted by atomic mass is 32.2. The van der Waals surface area contributed by atoms with Crippen molar-refractivity contribution in [1.82, 2.24) is 0 Å². The van der Waals surface area contributed by atoms with Gasteiger partial charge in [-0.2, -0.15) is 0 Å². The molecule has 4 heteroatoms. The number of amides is 1. The van der Waals surface area contributed by atoms with Gasteiger partial charge in [0.1, 0.15) is 11.2 Å². The lowest BCUT2D eigenvalue weighted by Crippen LogP contribution is -2.27. The standard InChI is InChI=1S/C15H12FNOS/c16-12-8-6-11(7-9-12)15-17(14(18)10-19-15)13-4-2-1-3-5-13/h1-9,15H,10H2/t15-/m0/s1. The van der Waals surface area contributed by atoms with E-state index in [0.29, 0.717) is 5.75 Å². The van der Waals surface area contributed by atoms with Gasteiger partial charge in [0, 0.05) is 5.69 Å². The molecule has 0 bridgehead atoms. The van der Waals surface area contributed by atoms with Crippen LogP contribution in [-0.4, -0.2) is 11.7 Å². The lowest BCUT2D eigenvalue weighted by molar-refractivity contribution is -0.115. The average molecular weight is 273 g/mol. The minimum atomic E-state index is -0.260. The smallest absolute Gasteiger partial charge is 0.238 e. The van der Waals surface area contributed by atoms with E-state index in [1.165, 1.54) is 12.1 Å². The summed E-state index contributed by atoms with van der Waals surface area (Å²) in [5.74, 6) is 0.284. The van der Waals surface area contributed by atoms with Crippen LogP contribution in [0.15, 0.2) is 54.6 Å². The van der Waals surface area contributed by atoms with Gasteiger partial charge in [0.05, 0.1) is 5.75 Å². The first-order valence-corrected chi connectivity index (χ1v) is 7.05. The normalized spacial score (nSPS) is 18.9. The third kappa shape index (κ3) is 2.36. The monoisotopic (exact) mass is 273 g/mol. The molecule has 0 N–H and O–H groups in total. The Kier molecular flexibility index (Phi) is 3.25. The molecule has 1 aliphatic rings. The maximum Gasteiger partial charge on any atom is 0.238 e. The third-order valence-electron chi connectivity index (χ3n) is 3.06. The molecule has 0 aromatic heterocycles. The van der Waals surface area contributed by atoms with Crippen LogP contribution < -0.4 is 4.90 Å². The first-order valence-electron chi connectivity index (χ1n) is 6.00. The van der Waals surface area contributed by atoms with E-state index in [0.717, 1.165) is 11.3 Å². The molecule has 0 saturated carbocycles. The van der Waals surface area contributed by atoms with Gasteiger partial charge in [-0.15, -0.1) is 11.8 Å². The number of rotatable bonds is 2. The zero-order valence-corrected chi connectivity index (χ0v) is 10.9. The van der Waals surface area contributed by atoms with Crippen LogP contribution in [0.3, 0.4) is 0 Å². The summed E-state index contributed by atoms with van der Waals surface area (Å²) in [5.41, 5.74) is 1.83. The van der Waals surface area contributed by atoms with Crippen molar-refractivity contribution in [2.75, 3.05) is 10.7 Å². The summed E-state index contributed by atoms with van der Waals surface area (Å²) in [5, 5.41) is -0.0736. The largest absolute Gasteiger partial charge is 0.295 e. The number of carbonyl (C=O) groups excluding carboxylic acids is 1. The fourth-order valence-electron chi connectivity index (χ4n) is 2.17. The fraction of sp³-hybridized carbons (Fsp3) is 0.133. The molecule has 0 aliphatic carbocycles. The average Bonchev–Trinajstić information content (AvgIpc) is 2.82. The van der Waals surface area contributed by atoms with E-state index in [2.05, 4.69) is 0 Å². The Bertz CT molecular complexity index is 585. The van der Waals surface area contributed by atoms with Crippen molar-refractivity contribution in [2.24, 2.45) is 0 Å². The second-order valence-corrected chi connectivity index (χ2v) is 5.38. The van der Waals surface area contributed by atoms with Crippen molar-refractivity contribution in [1.29, 1.82) is 0 Å². The zero-order valence-electron chi connectivity index (χ0n) is 10.1. The molecule has 2 aromatic carbocycles. The molecule has 1 aliphatic heterocycles. The molecule has 0 spiro atoms. The summed E-state index contributed by atoms with van der Waals surface area (Å²) in [7, 11) is 0. The van der Waals surface area contributed by atoms with Gasteiger partial charge in [0.25, 0.3) is 0 Å². The van der Waals surface area contributed by atoms with Crippen LogP contribution in [0.25, 0.3) is 0 Å². The number of hydrogen-bond acceptors (Lipinski definition) is 2. The van der Waals surface area contributed by atoms with Crippen molar-refractivity contribution in [3.8, 4) is 0 Å². The molecule has 2 aromatic rings. The van der Waals surface area contributed by atoms with Crippen molar-refractivity contribution in [3.63, 3.8) is 0 Å². The van der Waals surface area contributed by atoms with Crippen molar-refractivity contribution >= 4 is 23.4 Å². The number of para-hydroxylation sites is 1. The van der Waals surface area contributed by atoms with Gasteiger partial charge >= 0.3 is 0 Å². The minimum absolute atomic E-state index is 0.0736. The Hall–Kier alpha value is -1.81. The highest BCUT2D eigenvalue weighted by molar-refractivity contribution is 8.00. The molecule has 3 rings (SSSR count). The van der Waals surface area contributed by atoms with Crippen LogP contribution in [-0.2, 0) is 4.79 Å². The van der Waals surface area contributed by atoms with Crippen LogP contribution in [0.1, 0.15) is 10.9 Å². The van der Waals surface area contributed by atoms with E-state index in [1.54, 1.807) is 28.8 Å². The second-order valence-electron chi connectivity index (χ2n) is 4.31. The van der Waals surface area contributed by atoms with E-state index in [4.69, 9.17) is 0 Å². The molecular weight excluding hydrogens is 261 g/mol. The first-order chi connectivity index (χ1) is 9.25. The predicted octanol–water partition coefficient (Wildman–Crippen LogP) is 3.60. The highest BCUT2D eigenvalue weighted by Gasteiger charge is 2.33. The molecular formula is C15H12FNOS. The Morgan fingerprint density at radius 2 is 1.74 bits per heavy atom. The summed E-state index contributed by atoms with van der Waals surface area (Å²) in [6.07, 6.45) is 0. The lowest BCUT2D eigenvalue weighted by atomic mass is 10.2. The van der Waals surface area contributed by atoms with Gasteiger partial charge < -0.3 is 0 Å². The first kappa shape index (κ1) is 12.2. The second kappa shape index (κ2) is 5.05. The number of benzene rings is 2. The molecule has 1 heterocycles. The fourth-order valence-corrected chi connectivity index (χ4v) is 3.34. The number of hydrogen-bond donors (Lipinski definition) is 0. The molecule has 1 atom stereocenters. The summed E-state index contributed by atoms with van der Waals surface area (Å²) >= 11 is 1.57. The van der Waals surface area contributed by atoms with E-state index in [-0.39, 0.29) is 17.1 Å². The molecule has 19 heavy (non-hydrogen) atoms. The van der Waals surface area contributed by atoms with Gasteiger partial charge in [0.2, 0.25) is 5.91 Å². The Morgan fingerprint density at radius 1 is 1.05 bits per heavy atom. The molecule has 0 radical (unpaired) electrons. The Morgan fingerprint density at radius 3 is 2.42 bits per heavy atom. The van der Waals surface area contributed by atoms with Gasteiger partial charge in [-0.25, -0.2) is 4.39 Å². The van der Waals surface area contributed by atoms with E-state index in [9.17, 15) is 9.18 Å². The summed E-state index contributed by atoms with van der Waals surface area (Å²) < 4.78 is 13.0. The minimum Gasteiger partial charge on any atom is -0.295 e. The van der Waals surface area contributed by atoms with Crippen LogP contribution in [0.2, 0.25) is 0 Å². The van der Waals surface area contributed by atoms with Gasteiger partial charge in [-0.05, 0) is 29.8 Å². The third-order valence-corrected chi connectivity index (χ3v) is 4.27. The zero-order chi connectivity index (χ0) is 13.2. The number of thioether (sulfide) groups is 1. The lowest BCUT2D eigenvalue weighted by Gasteiger charge is -2.24. The molecule has 2 nitrogen and oxygen atoms in total. The predicted molar refractivity (Wildman–Crippen MR) is 75.5 cm³/mol. The van der Waals surface area contributed by atoms with E-state index < -0.39 is 0 Å². The van der Waals surface area contributed by atoms with Crippen LogP contribution in [0.4, 0.5) is 10.1 Å². The molecule has 1 fully saturated rings. The van der Waals surface area contributed by atoms with E-state index >= 15 is 0 Å². The maximum atomic E-state index is 13.0. The topological polar surface area (TPSA) is 20.3 Å². The van der Waals surface area contributed by atoms with Crippen LogP contribution in [0, 0.1) is 5.82 Å². The Balaban J connectivity index is 1.97. The molecule has 96 valence electrons. The molecule has 1 saturated heterocycles. The number of carbonyl (C=O) groups is 1. The van der Waals surface area contributed by atoms with Gasteiger partial charge in [-0.3, -0.25) is 9.69 Å². The molecule has 1 amide bonds. The quantitative estimate of drug-likeness (QED) is 0.833. The number of anilines is 1. The van der Waals surface area contributed by atoms with Crippen molar-refractivity contribution in [3.05, 3.63) is 66.0 Å². The van der Waals surface area contributed by atoms with E-state index in [1.807, 2.05) is 30.3 Å². The SMILES string of the molecule is O=C1CS[C@@H](c2ccc(F)cc2)N1c1ccccc1. The summed E-state index contributed by atoms with van der Waals surface area (Å²) in [6, 6.07) is 15.9. The number of nitrogens with zero attached hydrogens (tertiary/aromatic N) is 1. The van der Waals surface area contributed by atoms with Gasteiger partial charge in [0.15, 0.2) is 0 Å².